The summed E-state index contributed by atoms with van der Waals surface area (Å²) in [7, 11) is 0. The number of hydrogen-bond acceptors (Lipinski definition) is 4. The zero-order chi connectivity index (χ0) is 13.1. The average Bonchev–Trinajstić information content (AvgIpc) is 2.78. The molecular weight excluding hydrogens is 236 g/mol. The molecule has 0 aromatic carbocycles. The van der Waals surface area contributed by atoms with Gasteiger partial charge in [-0.25, -0.2) is 9.48 Å². The topological polar surface area (TPSA) is 88.3 Å². The molecule has 0 radical (unpaired) electrons. The fourth-order valence-electron chi connectivity index (χ4n) is 1.97. The Morgan fingerprint density at radius 2 is 2.11 bits per heavy atom. The van der Waals surface area contributed by atoms with Crippen molar-refractivity contribution < 1.29 is 14.7 Å². The molecule has 0 unspecified atom stereocenters. The van der Waals surface area contributed by atoms with Crippen molar-refractivity contribution >= 4 is 11.9 Å². The number of nitrogens with zero attached hydrogens (tertiary/aromatic N) is 4. The van der Waals surface area contributed by atoms with Crippen molar-refractivity contribution in [2.75, 3.05) is 13.1 Å². The van der Waals surface area contributed by atoms with E-state index in [1.54, 1.807) is 4.90 Å². The molecule has 1 aliphatic rings. The van der Waals surface area contributed by atoms with Crippen LogP contribution in [0.4, 0.5) is 0 Å². The second-order valence-corrected chi connectivity index (χ2v) is 4.67. The van der Waals surface area contributed by atoms with Gasteiger partial charge < -0.3 is 10.0 Å². The Morgan fingerprint density at radius 3 is 2.67 bits per heavy atom. The first-order chi connectivity index (χ1) is 8.56. The highest BCUT2D eigenvalue weighted by atomic mass is 16.4. The fraction of sp³-hybridized carbons (Fsp3) is 0.636. The Morgan fingerprint density at radius 1 is 1.44 bits per heavy atom. The largest absolute Gasteiger partial charge is 0.476 e. The first-order valence-corrected chi connectivity index (χ1v) is 5.97. The third kappa shape index (κ3) is 2.85. The van der Waals surface area contributed by atoms with E-state index >= 15 is 0 Å². The van der Waals surface area contributed by atoms with Crippen LogP contribution in [0.1, 0.15) is 30.3 Å². The van der Waals surface area contributed by atoms with E-state index in [1.165, 1.54) is 10.9 Å². The summed E-state index contributed by atoms with van der Waals surface area (Å²) in [6, 6.07) is 0. The first-order valence-electron chi connectivity index (χ1n) is 5.97. The number of rotatable bonds is 3. The van der Waals surface area contributed by atoms with Crippen LogP contribution in [0.25, 0.3) is 0 Å². The first kappa shape index (κ1) is 12.5. The lowest BCUT2D eigenvalue weighted by Crippen LogP contribution is -2.39. The van der Waals surface area contributed by atoms with Gasteiger partial charge in [0.2, 0.25) is 5.91 Å². The highest BCUT2D eigenvalue weighted by Crippen LogP contribution is 2.16. The van der Waals surface area contributed by atoms with E-state index in [1.807, 2.05) is 0 Å². The van der Waals surface area contributed by atoms with Crippen LogP contribution < -0.4 is 0 Å². The Hall–Kier alpha value is -1.92. The molecule has 1 amide bonds. The minimum Gasteiger partial charge on any atom is -0.476 e. The molecule has 1 aromatic rings. The van der Waals surface area contributed by atoms with Gasteiger partial charge in [0, 0.05) is 13.1 Å². The summed E-state index contributed by atoms with van der Waals surface area (Å²) in [4.78, 5) is 24.4. The van der Waals surface area contributed by atoms with Crippen LogP contribution in [0.5, 0.6) is 0 Å². The van der Waals surface area contributed by atoms with Gasteiger partial charge in [-0.05, 0) is 18.8 Å². The molecule has 1 N–H and O–H groups in total. The van der Waals surface area contributed by atoms with Crippen LogP contribution in [0.15, 0.2) is 6.20 Å². The summed E-state index contributed by atoms with van der Waals surface area (Å²) >= 11 is 0. The van der Waals surface area contributed by atoms with Crippen LogP contribution in [0, 0.1) is 5.92 Å². The molecule has 0 atom stereocenters. The minimum absolute atomic E-state index is 0.0382. The minimum atomic E-state index is -1.14. The molecule has 0 aliphatic carbocycles. The maximum atomic E-state index is 11.9. The number of aromatic nitrogens is 3. The molecule has 1 fully saturated rings. The number of carbonyl (C=O) groups excluding carboxylic acids is 1. The predicted molar refractivity (Wildman–Crippen MR) is 62.0 cm³/mol. The Balaban J connectivity index is 1.92. The van der Waals surface area contributed by atoms with Crippen LogP contribution in [0.3, 0.4) is 0 Å². The van der Waals surface area contributed by atoms with Crippen molar-refractivity contribution in [2.24, 2.45) is 5.92 Å². The lowest BCUT2D eigenvalue weighted by Gasteiger charge is -2.30. The molecule has 1 aromatic heterocycles. The van der Waals surface area contributed by atoms with Gasteiger partial charge in [-0.2, -0.15) is 0 Å². The fourth-order valence-corrected chi connectivity index (χ4v) is 1.97. The lowest BCUT2D eigenvalue weighted by atomic mass is 9.99. The van der Waals surface area contributed by atoms with E-state index in [0.717, 1.165) is 25.9 Å². The van der Waals surface area contributed by atoms with E-state index in [0.29, 0.717) is 5.92 Å². The van der Waals surface area contributed by atoms with Crippen LogP contribution in [-0.2, 0) is 11.3 Å². The summed E-state index contributed by atoms with van der Waals surface area (Å²) < 4.78 is 1.27. The summed E-state index contributed by atoms with van der Waals surface area (Å²) in [6.07, 6.45) is 3.31. The van der Waals surface area contributed by atoms with Gasteiger partial charge in [0.1, 0.15) is 6.54 Å². The van der Waals surface area contributed by atoms with Crippen LogP contribution >= 0.6 is 0 Å². The molecule has 18 heavy (non-hydrogen) atoms. The standard InChI is InChI=1S/C11H16N4O3/c1-8-2-4-14(5-3-8)10(16)7-15-6-9(11(17)18)12-13-15/h6,8H,2-5,7H2,1H3,(H,17,18). The molecule has 7 nitrogen and oxygen atoms in total. The lowest BCUT2D eigenvalue weighted by molar-refractivity contribution is -0.133. The van der Waals surface area contributed by atoms with E-state index in [-0.39, 0.29) is 18.1 Å². The maximum absolute atomic E-state index is 11.9. The second-order valence-electron chi connectivity index (χ2n) is 4.67. The third-order valence-corrected chi connectivity index (χ3v) is 3.19. The predicted octanol–water partition coefficient (Wildman–Crippen LogP) is 0.235. The molecule has 2 heterocycles. The van der Waals surface area contributed by atoms with Gasteiger partial charge >= 0.3 is 5.97 Å². The highest BCUT2D eigenvalue weighted by Gasteiger charge is 2.21. The molecule has 0 spiro atoms. The molecule has 1 saturated heterocycles. The molecule has 0 bridgehead atoms. The van der Waals surface area contributed by atoms with Gasteiger partial charge in [-0.15, -0.1) is 5.10 Å². The highest BCUT2D eigenvalue weighted by molar-refractivity contribution is 5.84. The van der Waals surface area contributed by atoms with Gasteiger partial charge in [-0.3, -0.25) is 4.79 Å². The average molecular weight is 252 g/mol. The van der Waals surface area contributed by atoms with Crippen molar-refractivity contribution in [1.29, 1.82) is 0 Å². The van der Waals surface area contributed by atoms with Gasteiger partial charge in [0.05, 0.1) is 6.20 Å². The number of aromatic carboxylic acids is 1. The van der Waals surface area contributed by atoms with E-state index in [4.69, 9.17) is 5.11 Å². The summed E-state index contributed by atoms with van der Waals surface area (Å²) in [5.74, 6) is -0.511. The van der Waals surface area contributed by atoms with Crippen molar-refractivity contribution in [3.8, 4) is 0 Å². The molecule has 0 saturated carbocycles. The zero-order valence-electron chi connectivity index (χ0n) is 10.2. The van der Waals surface area contributed by atoms with Gasteiger partial charge in [0.25, 0.3) is 0 Å². The van der Waals surface area contributed by atoms with Crippen molar-refractivity contribution in [3.63, 3.8) is 0 Å². The van der Waals surface area contributed by atoms with Crippen LogP contribution in [0.2, 0.25) is 0 Å². The zero-order valence-corrected chi connectivity index (χ0v) is 10.2. The van der Waals surface area contributed by atoms with Crippen LogP contribution in [-0.4, -0.2) is 50.0 Å². The van der Waals surface area contributed by atoms with E-state index in [9.17, 15) is 9.59 Å². The second kappa shape index (κ2) is 5.16. The number of carbonyl (C=O) groups is 2. The quantitative estimate of drug-likeness (QED) is 0.832. The number of carboxylic acid groups (broad SMARTS) is 1. The van der Waals surface area contributed by atoms with Crippen molar-refractivity contribution in [2.45, 2.75) is 26.3 Å². The monoisotopic (exact) mass is 252 g/mol. The number of likely N-dealkylation sites (tertiary alicyclic amines) is 1. The Bertz CT molecular complexity index is 449. The Labute approximate surface area is 104 Å². The Kier molecular flexibility index (Phi) is 3.59. The molecule has 7 heteroatoms. The SMILES string of the molecule is CC1CCN(C(=O)Cn2cc(C(=O)O)nn2)CC1. The molecule has 1 aliphatic heterocycles. The number of amides is 1. The number of hydrogen-bond donors (Lipinski definition) is 1. The van der Waals surface area contributed by atoms with Crippen molar-refractivity contribution in [1.82, 2.24) is 19.9 Å². The van der Waals surface area contributed by atoms with Gasteiger partial charge in [0.15, 0.2) is 5.69 Å². The third-order valence-electron chi connectivity index (χ3n) is 3.19. The smallest absolute Gasteiger partial charge is 0.358 e. The summed E-state index contributed by atoms with van der Waals surface area (Å²) in [5, 5.41) is 15.8. The van der Waals surface area contributed by atoms with E-state index < -0.39 is 5.97 Å². The van der Waals surface area contributed by atoms with E-state index in [2.05, 4.69) is 17.2 Å². The maximum Gasteiger partial charge on any atom is 0.358 e. The molecule has 98 valence electrons. The summed E-state index contributed by atoms with van der Waals surface area (Å²) in [5.41, 5.74) is -0.143. The molecular formula is C11H16N4O3. The normalized spacial score (nSPS) is 16.8. The van der Waals surface area contributed by atoms with Crippen molar-refractivity contribution in [3.05, 3.63) is 11.9 Å². The number of carboxylic acids is 1. The van der Waals surface area contributed by atoms with Gasteiger partial charge in [-0.1, -0.05) is 12.1 Å². The summed E-state index contributed by atoms with van der Waals surface area (Å²) in [6.45, 7) is 3.76. The number of piperidine rings is 1. The molecule has 2 rings (SSSR count).